The van der Waals surface area contributed by atoms with Crippen molar-refractivity contribution in [3.63, 3.8) is 0 Å². The largest absolute Gasteiger partial charge is 0.310 e. The fraction of sp³-hybridized carbons (Fsp3) is 0.227. The van der Waals surface area contributed by atoms with Crippen LogP contribution in [-0.2, 0) is 4.79 Å². The van der Waals surface area contributed by atoms with Gasteiger partial charge in [0.15, 0.2) is 5.78 Å². The summed E-state index contributed by atoms with van der Waals surface area (Å²) in [6.45, 7) is 5.99. The van der Waals surface area contributed by atoms with E-state index in [0.717, 1.165) is 22.5 Å². The average Bonchev–Trinajstić information content (AvgIpc) is 3.00. The standard InChI is InChI=1S/C22H21N3O2/c1-13-9-10-17(11-14(13)2)25-22-20(15(3)24-25)18(12-19(26)23-22)21(27)16-7-5-4-6-8-16/h4-11,18H,12H2,1-3H3,(H,23,26)/t18-/m0/s1. The van der Waals surface area contributed by atoms with Gasteiger partial charge in [0.2, 0.25) is 5.91 Å². The van der Waals surface area contributed by atoms with Crippen LogP contribution >= 0.6 is 0 Å². The molecule has 1 aliphatic heterocycles. The summed E-state index contributed by atoms with van der Waals surface area (Å²) in [6.07, 6.45) is 0.139. The van der Waals surface area contributed by atoms with Crippen LogP contribution in [-0.4, -0.2) is 21.5 Å². The predicted molar refractivity (Wildman–Crippen MR) is 105 cm³/mol. The predicted octanol–water partition coefficient (Wildman–Crippen LogP) is 4.11. The number of hydrogen-bond donors (Lipinski definition) is 1. The maximum atomic E-state index is 13.1. The van der Waals surface area contributed by atoms with Crippen LogP contribution in [0.15, 0.2) is 48.5 Å². The smallest absolute Gasteiger partial charge is 0.226 e. The highest BCUT2D eigenvalue weighted by atomic mass is 16.2. The lowest BCUT2D eigenvalue weighted by Crippen LogP contribution is -2.28. The molecule has 4 rings (SSSR count). The first-order valence-corrected chi connectivity index (χ1v) is 9.02. The molecule has 0 saturated heterocycles. The molecule has 1 aliphatic rings. The highest BCUT2D eigenvalue weighted by molar-refractivity contribution is 6.07. The summed E-state index contributed by atoms with van der Waals surface area (Å²) >= 11 is 0. The van der Waals surface area contributed by atoms with Crippen LogP contribution in [0.1, 0.15) is 45.1 Å². The lowest BCUT2D eigenvalue weighted by molar-refractivity contribution is -0.116. The number of fused-ring (bicyclic) bond motifs is 1. The third-order valence-electron chi connectivity index (χ3n) is 5.21. The number of hydrogen-bond acceptors (Lipinski definition) is 3. The molecule has 136 valence electrons. The van der Waals surface area contributed by atoms with E-state index in [1.807, 2.05) is 50.2 Å². The zero-order chi connectivity index (χ0) is 19.1. The van der Waals surface area contributed by atoms with Crippen LogP contribution < -0.4 is 5.32 Å². The topological polar surface area (TPSA) is 64.0 Å². The molecule has 1 amide bonds. The molecule has 1 N–H and O–H groups in total. The zero-order valence-electron chi connectivity index (χ0n) is 15.6. The minimum Gasteiger partial charge on any atom is -0.310 e. The maximum Gasteiger partial charge on any atom is 0.226 e. The Morgan fingerprint density at radius 3 is 2.52 bits per heavy atom. The summed E-state index contributed by atoms with van der Waals surface area (Å²) in [6, 6.07) is 15.2. The number of carbonyl (C=O) groups is 2. The maximum absolute atomic E-state index is 13.1. The van der Waals surface area contributed by atoms with Crippen LogP contribution in [0.25, 0.3) is 5.69 Å². The number of nitrogens with zero attached hydrogens (tertiary/aromatic N) is 2. The van der Waals surface area contributed by atoms with Gasteiger partial charge < -0.3 is 5.32 Å². The molecular formula is C22H21N3O2. The van der Waals surface area contributed by atoms with Crippen molar-refractivity contribution in [2.75, 3.05) is 5.32 Å². The summed E-state index contributed by atoms with van der Waals surface area (Å²) in [7, 11) is 0. The summed E-state index contributed by atoms with van der Waals surface area (Å²) in [4.78, 5) is 25.5. The SMILES string of the molecule is Cc1ccc(-n2nc(C)c3c2NC(=O)C[C@@H]3C(=O)c2ccccc2)cc1C. The number of Topliss-reactive ketones (excluding diaryl/α,β-unsaturated/α-hetero) is 1. The van der Waals surface area contributed by atoms with Gasteiger partial charge in [-0.1, -0.05) is 36.4 Å². The van der Waals surface area contributed by atoms with Crippen molar-refractivity contribution < 1.29 is 9.59 Å². The fourth-order valence-electron chi connectivity index (χ4n) is 3.62. The third-order valence-corrected chi connectivity index (χ3v) is 5.21. The number of nitrogens with one attached hydrogen (secondary N) is 1. The van der Waals surface area contributed by atoms with Crippen molar-refractivity contribution in [2.45, 2.75) is 33.1 Å². The second-order valence-corrected chi connectivity index (χ2v) is 7.06. The van der Waals surface area contributed by atoms with Gasteiger partial charge in [-0.25, -0.2) is 4.68 Å². The van der Waals surface area contributed by atoms with Crippen LogP contribution in [0.4, 0.5) is 5.82 Å². The van der Waals surface area contributed by atoms with Gasteiger partial charge in [-0.3, -0.25) is 9.59 Å². The van der Waals surface area contributed by atoms with E-state index in [1.54, 1.807) is 16.8 Å². The third kappa shape index (κ3) is 2.95. The van der Waals surface area contributed by atoms with Crippen molar-refractivity contribution in [1.29, 1.82) is 0 Å². The number of ketones is 1. The molecule has 1 atom stereocenters. The van der Waals surface area contributed by atoms with Crippen molar-refractivity contribution in [1.82, 2.24) is 9.78 Å². The summed E-state index contributed by atoms with van der Waals surface area (Å²) < 4.78 is 1.74. The second-order valence-electron chi connectivity index (χ2n) is 7.06. The Balaban J connectivity index is 1.83. The Morgan fingerprint density at radius 2 is 1.81 bits per heavy atom. The van der Waals surface area contributed by atoms with Gasteiger partial charge >= 0.3 is 0 Å². The molecule has 0 bridgehead atoms. The molecule has 0 aliphatic carbocycles. The van der Waals surface area contributed by atoms with Gasteiger partial charge in [-0.05, 0) is 44.0 Å². The Hall–Kier alpha value is -3.21. The second kappa shape index (κ2) is 6.50. The lowest BCUT2D eigenvalue weighted by atomic mass is 9.85. The van der Waals surface area contributed by atoms with Gasteiger partial charge in [0.05, 0.1) is 17.3 Å². The van der Waals surface area contributed by atoms with Gasteiger partial charge in [0.25, 0.3) is 0 Å². The van der Waals surface area contributed by atoms with Crippen molar-refractivity contribution >= 4 is 17.5 Å². The van der Waals surface area contributed by atoms with Crippen LogP contribution in [0, 0.1) is 20.8 Å². The number of carbonyl (C=O) groups excluding carboxylic acids is 2. The van der Waals surface area contributed by atoms with Crippen molar-refractivity contribution in [3.8, 4) is 5.69 Å². The van der Waals surface area contributed by atoms with E-state index in [2.05, 4.69) is 17.3 Å². The fourth-order valence-corrected chi connectivity index (χ4v) is 3.62. The molecule has 3 aromatic rings. The Labute approximate surface area is 158 Å². The molecule has 27 heavy (non-hydrogen) atoms. The summed E-state index contributed by atoms with van der Waals surface area (Å²) in [5, 5.41) is 7.57. The lowest BCUT2D eigenvalue weighted by Gasteiger charge is -2.23. The van der Waals surface area contributed by atoms with E-state index < -0.39 is 5.92 Å². The van der Waals surface area contributed by atoms with E-state index in [0.29, 0.717) is 11.4 Å². The number of aryl methyl sites for hydroxylation is 3. The number of amides is 1. The van der Waals surface area contributed by atoms with E-state index in [1.165, 1.54) is 5.56 Å². The molecule has 1 aromatic heterocycles. The van der Waals surface area contributed by atoms with Crippen LogP contribution in [0.3, 0.4) is 0 Å². The summed E-state index contributed by atoms with van der Waals surface area (Å²) in [5.74, 6) is -0.131. The molecule has 5 nitrogen and oxygen atoms in total. The van der Waals surface area contributed by atoms with Gasteiger partial charge in [-0.15, -0.1) is 0 Å². The molecule has 0 fully saturated rings. The minimum absolute atomic E-state index is 0.0468. The first-order valence-electron chi connectivity index (χ1n) is 9.02. The minimum atomic E-state index is -0.517. The first kappa shape index (κ1) is 17.2. The quantitative estimate of drug-likeness (QED) is 0.716. The molecule has 2 heterocycles. The van der Waals surface area contributed by atoms with Gasteiger partial charge in [-0.2, -0.15) is 5.10 Å². The average molecular weight is 359 g/mol. The van der Waals surface area contributed by atoms with Crippen LogP contribution in [0.5, 0.6) is 0 Å². The molecule has 0 spiro atoms. The first-order chi connectivity index (χ1) is 13.0. The summed E-state index contributed by atoms with van der Waals surface area (Å²) in [5.41, 5.74) is 5.39. The number of anilines is 1. The van der Waals surface area contributed by atoms with E-state index >= 15 is 0 Å². The Kier molecular flexibility index (Phi) is 4.15. The Morgan fingerprint density at radius 1 is 1.07 bits per heavy atom. The van der Waals surface area contributed by atoms with E-state index in [4.69, 9.17) is 0 Å². The highest BCUT2D eigenvalue weighted by Gasteiger charge is 2.36. The van der Waals surface area contributed by atoms with Gasteiger partial charge in [0, 0.05) is 17.5 Å². The highest BCUT2D eigenvalue weighted by Crippen LogP contribution is 2.38. The molecular weight excluding hydrogens is 338 g/mol. The van der Waals surface area contributed by atoms with Crippen molar-refractivity contribution in [2.24, 2.45) is 0 Å². The molecule has 0 unspecified atom stereocenters. The van der Waals surface area contributed by atoms with E-state index in [9.17, 15) is 9.59 Å². The monoisotopic (exact) mass is 359 g/mol. The van der Waals surface area contributed by atoms with E-state index in [-0.39, 0.29) is 18.1 Å². The number of benzene rings is 2. The van der Waals surface area contributed by atoms with Gasteiger partial charge in [0.1, 0.15) is 5.82 Å². The zero-order valence-corrected chi connectivity index (χ0v) is 15.6. The normalized spacial score (nSPS) is 16.0. The molecule has 2 aromatic carbocycles. The molecule has 0 saturated carbocycles. The number of rotatable bonds is 3. The molecule has 0 radical (unpaired) electrons. The van der Waals surface area contributed by atoms with Crippen LogP contribution in [0.2, 0.25) is 0 Å². The Bertz CT molecular complexity index is 1050. The number of aromatic nitrogens is 2. The molecule has 5 heteroatoms. The van der Waals surface area contributed by atoms with Crippen molar-refractivity contribution in [3.05, 3.63) is 76.5 Å².